The average molecular weight is 719 g/mol. The molecular weight excluding hydrogens is 652 g/mol. The predicted molar refractivity (Wildman–Crippen MR) is 183 cm³/mol. The molecule has 49 heavy (non-hydrogen) atoms. The largest absolute Gasteiger partial charge is 0.478 e. The molecule has 5 atom stereocenters. The highest BCUT2D eigenvalue weighted by Crippen LogP contribution is 2.02. The first-order valence-corrected chi connectivity index (χ1v) is 16.1. The van der Waals surface area contributed by atoms with Gasteiger partial charge in [0.1, 0.15) is 0 Å². The van der Waals surface area contributed by atoms with E-state index >= 15 is 0 Å². The summed E-state index contributed by atoms with van der Waals surface area (Å²) in [6, 6.07) is 0. The van der Waals surface area contributed by atoms with Crippen LogP contribution in [0.15, 0.2) is 24.3 Å². The zero-order chi connectivity index (χ0) is 38.5. The van der Waals surface area contributed by atoms with E-state index < -0.39 is 18.0 Å². The molecule has 0 aromatic rings. The summed E-state index contributed by atoms with van der Waals surface area (Å²) >= 11 is 0. The summed E-state index contributed by atoms with van der Waals surface area (Å²) in [7, 11) is 0. The van der Waals surface area contributed by atoms with Gasteiger partial charge in [0.2, 0.25) is 0 Å². The first-order valence-electron chi connectivity index (χ1n) is 16.1. The van der Waals surface area contributed by atoms with Gasteiger partial charge in [-0.25, -0.2) is 9.59 Å². The topological polar surface area (TPSA) is 229 Å². The van der Waals surface area contributed by atoms with Gasteiger partial charge in [-0.3, -0.25) is 0 Å². The summed E-state index contributed by atoms with van der Waals surface area (Å²) in [6.07, 6.45) is -0.783. The summed E-state index contributed by atoms with van der Waals surface area (Å²) in [5.41, 5.74) is 0.352. The van der Waals surface area contributed by atoms with Crippen LogP contribution in [-0.4, -0.2) is 172 Å². The van der Waals surface area contributed by atoms with E-state index in [0.29, 0.717) is 79.3 Å². The molecular formula is C33H66O16. The van der Waals surface area contributed by atoms with Gasteiger partial charge in [0.25, 0.3) is 0 Å². The Labute approximate surface area is 292 Å². The van der Waals surface area contributed by atoms with Crippen molar-refractivity contribution in [2.45, 2.75) is 79.0 Å². The molecule has 0 saturated heterocycles. The van der Waals surface area contributed by atoms with Crippen LogP contribution in [0, 0.1) is 0 Å². The van der Waals surface area contributed by atoms with Crippen molar-refractivity contribution in [1.29, 1.82) is 0 Å². The van der Waals surface area contributed by atoms with Crippen molar-refractivity contribution in [3.63, 3.8) is 0 Å². The standard InChI is InChI=1S/C15H32O6.C10H22O6.2C4H6O2/c1-11(17)7-18-13(3)9-20-15(5)10-21-14(4)8-19-12(2)6-16;11-1-3-13-5-7-15-9-10-16-8-6-14-4-2-12;2*1-3(2)4(5)6/h11-17H,6-10H2,1-5H3;11-12H,1-10H2;2*1H2,2H3,(H,5,6). The highest BCUT2D eigenvalue weighted by atomic mass is 16.6. The molecule has 0 aromatic heterocycles. The number of carboxylic acid groups (broad SMARTS) is 2. The molecule has 5 unspecified atom stereocenters. The molecule has 0 heterocycles. The fraction of sp³-hybridized carbons (Fsp3) is 0.818. The molecule has 0 aliphatic heterocycles. The van der Waals surface area contributed by atoms with Crippen molar-refractivity contribution in [3.8, 4) is 0 Å². The molecule has 0 aromatic carbocycles. The number of carbonyl (C=O) groups is 2. The number of aliphatic hydroxyl groups is 4. The van der Waals surface area contributed by atoms with E-state index in [9.17, 15) is 9.59 Å². The first-order chi connectivity index (χ1) is 23.0. The maximum Gasteiger partial charge on any atom is 0.330 e. The molecule has 0 spiro atoms. The van der Waals surface area contributed by atoms with E-state index in [2.05, 4.69) is 13.2 Å². The highest BCUT2D eigenvalue weighted by Gasteiger charge is 2.11. The minimum atomic E-state index is -0.935. The molecule has 0 amide bonds. The molecule has 0 aliphatic carbocycles. The molecule has 0 aliphatic rings. The molecule has 16 heteroatoms. The van der Waals surface area contributed by atoms with E-state index in [-0.39, 0.29) is 55.4 Å². The van der Waals surface area contributed by atoms with E-state index in [1.54, 1.807) is 6.92 Å². The number of hydrogen-bond donors (Lipinski definition) is 6. The number of rotatable bonds is 28. The van der Waals surface area contributed by atoms with Crippen molar-refractivity contribution in [3.05, 3.63) is 24.3 Å². The lowest BCUT2D eigenvalue weighted by Crippen LogP contribution is -2.28. The Morgan fingerprint density at radius 1 is 0.510 bits per heavy atom. The third kappa shape index (κ3) is 52.9. The second-order valence-electron chi connectivity index (χ2n) is 10.7. The molecule has 0 fully saturated rings. The molecule has 0 rings (SSSR count). The van der Waals surface area contributed by atoms with Crippen LogP contribution in [0.4, 0.5) is 0 Å². The Bertz CT molecular complexity index is 703. The molecule has 294 valence electrons. The average Bonchev–Trinajstić information content (AvgIpc) is 3.05. The zero-order valence-electron chi connectivity index (χ0n) is 30.7. The molecule has 0 bridgehead atoms. The highest BCUT2D eigenvalue weighted by molar-refractivity contribution is 5.85. The third-order valence-corrected chi connectivity index (χ3v) is 5.04. The Kier molecular flexibility index (Phi) is 44.3. The summed E-state index contributed by atoms with van der Waals surface area (Å²) < 4.78 is 42.4. The van der Waals surface area contributed by atoms with Crippen molar-refractivity contribution in [2.24, 2.45) is 0 Å². The lowest BCUT2D eigenvalue weighted by atomic mass is 10.3. The normalized spacial score (nSPS) is 13.5. The maximum absolute atomic E-state index is 9.60. The van der Waals surface area contributed by atoms with Crippen molar-refractivity contribution in [1.82, 2.24) is 0 Å². The van der Waals surface area contributed by atoms with Gasteiger partial charge in [0.15, 0.2) is 0 Å². The van der Waals surface area contributed by atoms with Gasteiger partial charge in [-0.2, -0.15) is 0 Å². The summed E-state index contributed by atoms with van der Waals surface area (Å²) in [5, 5.41) is 50.6. The smallest absolute Gasteiger partial charge is 0.330 e. The van der Waals surface area contributed by atoms with Crippen LogP contribution < -0.4 is 0 Å². The number of carboxylic acids is 2. The monoisotopic (exact) mass is 718 g/mol. The summed E-state index contributed by atoms with van der Waals surface area (Å²) in [4.78, 5) is 19.2. The van der Waals surface area contributed by atoms with Crippen LogP contribution in [-0.2, 0) is 47.5 Å². The van der Waals surface area contributed by atoms with E-state index in [1.165, 1.54) is 13.8 Å². The van der Waals surface area contributed by atoms with Gasteiger partial charge in [-0.05, 0) is 48.5 Å². The Balaban J connectivity index is -0.000000315. The van der Waals surface area contributed by atoms with Crippen LogP contribution in [0.1, 0.15) is 48.5 Å². The van der Waals surface area contributed by atoms with Gasteiger partial charge in [-0.15, -0.1) is 0 Å². The number of aliphatic hydroxyl groups excluding tert-OH is 4. The maximum atomic E-state index is 9.60. The molecule has 6 N–H and O–H groups in total. The van der Waals surface area contributed by atoms with E-state index in [4.69, 9.17) is 68.5 Å². The molecule has 0 radical (unpaired) electrons. The quantitative estimate of drug-likeness (QED) is 0.0495. The van der Waals surface area contributed by atoms with Gasteiger partial charge < -0.3 is 68.5 Å². The van der Waals surface area contributed by atoms with Crippen molar-refractivity contribution in [2.75, 3.05) is 99.1 Å². The van der Waals surface area contributed by atoms with Gasteiger partial charge in [0, 0.05) is 11.1 Å². The number of ether oxygens (including phenoxy) is 8. The van der Waals surface area contributed by atoms with Crippen molar-refractivity contribution >= 4 is 11.9 Å². The van der Waals surface area contributed by atoms with Gasteiger partial charge in [-0.1, -0.05) is 13.2 Å². The van der Waals surface area contributed by atoms with Gasteiger partial charge >= 0.3 is 11.9 Å². The lowest BCUT2D eigenvalue weighted by Gasteiger charge is -2.21. The van der Waals surface area contributed by atoms with Crippen LogP contribution in [0.3, 0.4) is 0 Å². The van der Waals surface area contributed by atoms with E-state index in [0.717, 1.165) is 0 Å². The Hall–Kier alpha value is -2.06. The van der Waals surface area contributed by atoms with Crippen molar-refractivity contribution < 1.29 is 78.1 Å². The fourth-order valence-electron chi connectivity index (χ4n) is 2.29. The minimum absolute atomic E-state index is 0.0105. The summed E-state index contributed by atoms with van der Waals surface area (Å²) in [5.74, 6) is -1.87. The molecule has 16 nitrogen and oxygen atoms in total. The SMILES string of the molecule is C=C(C)C(=O)O.C=C(C)C(=O)O.CC(O)COC(C)COC(C)COC(C)COC(C)CO.OCCOCCOCCOCCOCCO. The number of hydrogen-bond acceptors (Lipinski definition) is 14. The van der Waals surface area contributed by atoms with Gasteiger partial charge in [0.05, 0.1) is 130 Å². The van der Waals surface area contributed by atoms with Crippen LogP contribution in [0.25, 0.3) is 0 Å². The van der Waals surface area contributed by atoms with E-state index in [1.807, 2.05) is 27.7 Å². The molecule has 0 saturated carbocycles. The first kappa shape index (κ1) is 53.7. The summed E-state index contributed by atoms with van der Waals surface area (Å²) in [6.45, 7) is 24.0. The minimum Gasteiger partial charge on any atom is -0.478 e. The Morgan fingerprint density at radius 3 is 0.980 bits per heavy atom. The van der Waals surface area contributed by atoms with Crippen LogP contribution in [0.2, 0.25) is 0 Å². The second kappa shape index (κ2) is 40.4. The third-order valence-electron chi connectivity index (χ3n) is 5.04. The van der Waals surface area contributed by atoms with Crippen LogP contribution in [0.5, 0.6) is 0 Å². The number of aliphatic carboxylic acids is 2. The Morgan fingerprint density at radius 2 is 0.755 bits per heavy atom. The van der Waals surface area contributed by atoms with Crippen LogP contribution >= 0.6 is 0 Å². The predicted octanol–water partition coefficient (Wildman–Crippen LogP) is 1.31. The fourth-order valence-corrected chi connectivity index (χ4v) is 2.29. The second-order valence-corrected chi connectivity index (χ2v) is 10.7. The zero-order valence-corrected chi connectivity index (χ0v) is 30.7. The lowest BCUT2D eigenvalue weighted by molar-refractivity contribution is -0.133.